The molecule has 0 amide bonds. The van der Waals surface area contributed by atoms with Crippen molar-refractivity contribution in [3.05, 3.63) is 11.4 Å². The van der Waals surface area contributed by atoms with E-state index in [2.05, 4.69) is 23.7 Å². The predicted molar refractivity (Wildman–Crippen MR) is 50.8 cm³/mol. The molecule has 0 spiro atoms. The van der Waals surface area contributed by atoms with Crippen LogP contribution in [0.4, 0.5) is 0 Å². The maximum atomic E-state index is 4.28. The van der Waals surface area contributed by atoms with Gasteiger partial charge < -0.3 is 4.90 Å². The summed E-state index contributed by atoms with van der Waals surface area (Å²) in [5, 5.41) is 0. The first kappa shape index (κ1) is 10.2. The second-order valence-electron chi connectivity index (χ2n) is 2.79. The third-order valence-electron chi connectivity index (χ3n) is 1.66. The smallest absolute Gasteiger partial charge is 0.0556 e. The normalized spacial score (nSPS) is 13.5. The van der Waals surface area contributed by atoms with Crippen LogP contribution in [0.1, 0.15) is 27.2 Å². The van der Waals surface area contributed by atoms with E-state index in [1.165, 1.54) is 5.70 Å². The van der Waals surface area contributed by atoms with E-state index in [1.54, 1.807) is 0 Å². The Bertz CT molecular complexity index is 166. The van der Waals surface area contributed by atoms with Crippen molar-refractivity contribution in [2.24, 2.45) is 4.99 Å². The number of hydrogen-bond acceptors (Lipinski definition) is 2. The second kappa shape index (κ2) is 4.94. The van der Waals surface area contributed by atoms with Crippen LogP contribution in [-0.4, -0.2) is 25.2 Å². The van der Waals surface area contributed by atoms with Crippen LogP contribution >= 0.6 is 0 Å². The summed E-state index contributed by atoms with van der Waals surface area (Å²) in [7, 11) is 4.06. The van der Waals surface area contributed by atoms with Gasteiger partial charge in [0.1, 0.15) is 0 Å². The highest BCUT2D eigenvalue weighted by atomic mass is 15.1. The van der Waals surface area contributed by atoms with Gasteiger partial charge >= 0.3 is 0 Å². The summed E-state index contributed by atoms with van der Waals surface area (Å²) in [5.41, 5.74) is 2.31. The molecule has 0 radical (unpaired) electrons. The Labute approximate surface area is 69.6 Å². The molecule has 0 rings (SSSR count). The standard InChI is InChI=1S/C9H18N2/c1-6-7-10-8(2)9(3)11(4)5/h7H,6H2,1-5H3/b9-8-,10-7?. The molecule has 11 heavy (non-hydrogen) atoms. The van der Waals surface area contributed by atoms with E-state index >= 15 is 0 Å². The molecule has 0 unspecified atom stereocenters. The third kappa shape index (κ3) is 3.81. The summed E-state index contributed by atoms with van der Waals surface area (Å²) in [6.45, 7) is 6.19. The average molecular weight is 154 g/mol. The second-order valence-corrected chi connectivity index (χ2v) is 2.79. The Hall–Kier alpha value is -0.790. The molecular weight excluding hydrogens is 136 g/mol. The van der Waals surface area contributed by atoms with Crippen molar-refractivity contribution in [3.63, 3.8) is 0 Å². The summed E-state index contributed by atoms with van der Waals surface area (Å²) >= 11 is 0. The minimum absolute atomic E-state index is 0.998. The Kier molecular flexibility index (Phi) is 4.59. The summed E-state index contributed by atoms with van der Waals surface area (Å²) in [6, 6.07) is 0. The van der Waals surface area contributed by atoms with Crippen LogP contribution in [0, 0.1) is 0 Å². The first-order chi connectivity index (χ1) is 5.09. The Morgan fingerprint density at radius 1 is 1.36 bits per heavy atom. The molecule has 0 aliphatic rings. The lowest BCUT2D eigenvalue weighted by molar-refractivity contribution is 0.506. The van der Waals surface area contributed by atoms with Gasteiger partial charge in [-0.05, 0) is 20.3 Å². The molecule has 0 bridgehead atoms. The molecule has 2 heteroatoms. The van der Waals surface area contributed by atoms with E-state index in [-0.39, 0.29) is 0 Å². The molecule has 0 aromatic carbocycles. The molecular formula is C9H18N2. The Balaban J connectivity index is 4.27. The fourth-order valence-electron chi connectivity index (χ4n) is 0.645. The van der Waals surface area contributed by atoms with Crippen molar-refractivity contribution in [2.45, 2.75) is 27.2 Å². The Morgan fingerprint density at radius 3 is 2.27 bits per heavy atom. The zero-order valence-corrected chi connectivity index (χ0v) is 8.18. The zero-order chi connectivity index (χ0) is 8.85. The van der Waals surface area contributed by atoms with Gasteiger partial charge in [-0.25, -0.2) is 0 Å². The van der Waals surface area contributed by atoms with Gasteiger partial charge in [0, 0.05) is 26.0 Å². The lowest BCUT2D eigenvalue weighted by Gasteiger charge is -2.13. The van der Waals surface area contributed by atoms with E-state index < -0.39 is 0 Å². The lowest BCUT2D eigenvalue weighted by atomic mass is 10.3. The number of rotatable bonds is 3. The number of allylic oxidation sites excluding steroid dienone is 2. The molecule has 0 aliphatic heterocycles. The maximum absolute atomic E-state index is 4.28. The molecule has 0 fully saturated rings. The molecule has 0 saturated carbocycles. The van der Waals surface area contributed by atoms with Crippen molar-refractivity contribution in [1.82, 2.24) is 4.90 Å². The van der Waals surface area contributed by atoms with Crippen LogP contribution in [0.2, 0.25) is 0 Å². The fraction of sp³-hybridized carbons (Fsp3) is 0.667. The molecule has 0 aromatic heterocycles. The summed E-state index contributed by atoms with van der Waals surface area (Å²) < 4.78 is 0. The van der Waals surface area contributed by atoms with E-state index in [9.17, 15) is 0 Å². The predicted octanol–water partition coefficient (Wildman–Crippen LogP) is 2.28. The van der Waals surface area contributed by atoms with Crippen molar-refractivity contribution < 1.29 is 0 Å². The average Bonchev–Trinajstić information content (AvgIpc) is 1.98. The summed E-state index contributed by atoms with van der Waals surface area (Å²) in [6.07, 6.45) is 2.93. The molecule has 0 aromatic rings. The van der Waals surface area contributed by atoms with Gasteiger partial charge in [-0.1, -0.05) is 6.92 Å². The van der Waals surface area contributed by atoms with Crippen LogP contribution < -0.4 is 0 Å². The van der Waals surface area contributed by atoms with E-state index in [4.69, 9.17) is 0 Å². The monoisotopic (exact) mass is 154 g/mol. The molecule has 0 atom stereocenters. The SMILES string of the molecule is CCC=N/C(C)=C(/C)N(C)C. The highest BCUT2D eigenvalue weighted by molar-refractivity contribution is 5.58. The number of aliphatic imine (C=N–C) groups is 1. The van der Waals surface area contributed by atoms with Crippen molar-refractivity contribution in [3.8, 4) is 0 Å². The van der Waals surface area contributed by atoms with Gasteiger partial charge in [0.05, 0.1) is 5.70 Å². The minimum atomic E-state index is 0.998. The maximum Gasteiger partial charge on any atom is 0.0556 e. The lowest BCUT2D eigenvalue weighted by Crippen LogP contribution is -2.09. The fourth-order valence-corrected chi connectivity index (χ4v) is 0.645. The van der Waals surface area contributed by atoms with Crippen molar-refractivity contribution in [1.29, 1.82) is 0 Å². The van der Waals surface area contributed by atoms with Crippen LogP contribution in [0.15, 0.2) is 16.4 Å². The van der Waals surface area contributed by atoms with Gasteiger partial charge in [-0.2, -0.15) is 0 Å². The third-order valence-corrected chi connectivity index (χ3v) is 1.66. The molecule has 0 saturated heterocycles. The van der Waals surface area contributed by atoms with Crippen molar-refractivity contribution >= 4 is 6.21 Å². The van der Waals surface area contributed by atoms with Gasteiger partial charge in [0.25, 0.3) is 0 Å². The zero-order valence-electron chi connectivity index (χ0n) is 8.18. The highest BCUT2D eigenvalue weighted by Crippen LogP contribution is 2.05. The highest BCUT2D eigenvalue weighted by Gasteiger charge is 1.94. The first-order valence-electron chi connectivity index (χ1n) is 3.97. The minimum Gasteiger partial charge on any atom is -0.380 e. The number of nitrogens with zero attached hydrogens (tertiary/aromatic N) is 2. The quantitative estimate of drug-likeness (QED) is 0.569. The van der Waals surface area contributed by atoms with Gasteiger partial charge in [0.15, 0.2) is 0 Å². The molecule has 0 aliphatic carbocycles. The summed E-state index contributed by atoms with van der Waals surface area (Å²) in [4.78, 5) is 6.35. The molecule has 0 N–H and O–H groups in total. The first-order valence-corrected chi connectivity index (χ1v) is 3.97. The summed E-state index contributed by atoms with van der Waals surface area (Å²) in [5.74, 6) is 0. The Morgan fingerprint density at radius 2 is 1.91 bits per heavy atom. The molecule has 2 nitrogen and oxygen atoms in total. The van der Waals surface area contributed by atoms with Crippen LogP contribution in [-0.2, 0) is 0 Å². The molecule has 64 valence electrons. The number of hydrogen-bond donors (Lipinski definition) is 0. The molecule has 0 heterocycles. The van der Waals surface area contributed by atoms with E-state index in [0.717, 1.165) is 12.1 Å². The van der Waals surface area contributed by atoms with Gasteiger partial charge in [0.2, 0.25) is 0 Å². The van der Waals surface area contributed by atoms with Crippen LogP contribution in [0.3, 0.4) is 0 Å². The largest absolute Gasteiger partial charge is 0.380 e. The van der Waals surface area contributed by atoms with Gasteiger partial charge in [-0.3, -0.25) is 4.99 Å². The van der Waals surface area contributed by atoms with Crippen molar-refractivity contribution in [2.75, 3.05) is 14.1 Å². The van der Waals surface area contributed by atoms with E-state index in [0.29, 0.717) is 0 Å². The van der Waals surface area contributed by atoms with E-state index in [1.807, 2.05) is 27.2 Å². The van der Waals surface area contributed by atoms with Crippen LogP contribution in [0.25, 0.3) is 0 Å². The van der Waals surface area contributed by atoms with Gasteiger partial charge in [-0.15, -0.1) is 0 Å². The topological polar surface area (TPSA) is 15.6 Å². The van der Waals surface area contributed by atoms with Crippen LogP contribution in [0.5, 0.6) is 0 Å².